The number of hydrogen-bond donors (Lipinski definition) is 1. The van der Waals surface area contributed by atoms with Gasteiger partial charge in [0.25, 0.3) is 0 Å². The average Bonchev–Trinajstić information content (AvgIpc) is 2.75. The second-order valence-corrected chi connectivity index (χ2v) is 4.32. The van der Waals surface area contributed by atoms with Crippen LogP contribution in [0, 0.1) is 0 Å². The van der Waals surface area contributed by atoms with Crippen LogP contribution in [0.5, 0.6) is 0 Å². The topological polar surface area (TPSA) is 46.3 Å². The van der Waals surface area contributed by atoms with Crippen LogP contribution in [0.2, 0.25) is 0 Å². The third-order valence-electron chi connectivity index (χ3n) is 3.19. The molecule has 1 aliphatic rings. The number of benzene rings is 1. The normalized spacial score (nSPS) is 21.1. The number of rotatable bonds is 4. The highest BCUT2D eigenvalue weighted by Crippen LogP contribution is 2.31. The molecule has 1 aliphatic heterocycles. The molecule has 2 rings (SSSR count). The maximum atomic E-state index is 10.8. The Morgan fingerprint density at radius 3 is 2.81 bits per heavy atom. The van der Waals surface area contributed by atoms with Gasteiger partial charge in [-0.2, -0.15) is 0 Å². The number of carbonyl (C=O) groups is 1. The molecule has 0 radical (unpaired) electrons. The molecule has 0 unspecified atom stereocenters. The summed E-state index contributed by atoms with van der Waals surface area (Å²) in [5.74, 6) is -0.210. The van der Waals surface area contributed by atoms with Gasteiger partial charge in [0.2, 0.25) is 5.91 Å². The quantitative estimate of drug-likeness (QED) is 0.836. The van der Waals surface area contributed by atoms with Crippen LogP contribution in [0.25, 0.3) is 0 Å². The van der Waals surface area contributed by atoms with E-state index in [0.29, 0.717) is 12.5 Å². The van der Waals surface area contributed by atoms with Crippen molar-refractivity contribution in [3.63, 3.8) is 0 Å². The zero-order valence-electron chi connectivity index (χ0n) is 9.43. The van der Waals surface area contributed by atoms with Crippen molar-refractivity contribution in [3.8, 4) is 0 Å². The van der Waals surface area contributed by atoms with Crippen molar-refractivity contribution in [3.05, 3.63) is 35.9 Å². The maximum absolute atomic E-state index is 10.8. The van der Waals surface area contributed by atoms with Crippen LogP contribution in [-0.4, -0.2) is 23.9 Å². The fourth-order valence-electron chi connectivity index (χ4n) is 2.40. The molecular formula is C13H18N2O. The zero-order chi connectivity index (χ0) is 11.4. The molecule has 16 heavy (non-hydrogen) atoms. The highest BCUT2D eigenvalue weighted by Gasteiger charge is 2.25. The highest BCUT2D eigenvalue weighted by atomic mass is 16.1. The van der Waals surface area contributed by atoms with Crippen LogP contribution in [0.1, 0.15) is 30.9 Å². The average molecular weight is 218 g/mol. The molecule has 0 saturated carbocycles. The summed E-state index contributed by atoms with van der Waals surface area (Å²) in [5.41, 5.74) is 6.54. The monoisotopic (exact) mass is 218 g/mol. The molecule has 1 amide bonds. The Morgan fingerprint density at radius 2 is 2.12 bits per heavy atom. The lowest BCUT2D eigenvalue weighted by atomic mass is 10.0. The Hall–Kier alpha value is -1.35. The largest absolute Gasteiger partial charge is 0.370 e. The number of primary amides is 1. The molecule has 0 aliphatic carbocycles. The van der Waals surface area contributed by atoms with Crippen LogP contribution in [0.15, 0.2) is 30.3 Å². The maximum Gasteiger partial charge on any atom is 0.218 e. The lowest BCUT2D eigenvalue weighted by Gasteiger charge is -2.24. The molecule has 86 valence electrons. The number of likely N-dealkylation sites (tertiary alicyclic amines) is 1. The predicted octanol–water partition coefficient (Wildman–Crippen LogP) is 1.70. The molecule has 3 nitrogen and oxygen atoms in total. The second-order valence-electron chi connectivity index (χ2n) is 4.32. The molecule has 1 aromatic rings. The molecule has 0 bridgehead atoms. The molecule has 3 heteroatoms. The first kappa shape index (κ1) is 11.1. The molecule has 1 fully saturated rings. The number of nitrogens with two attached hydrogens (primary N) is 1. The van der Waals surface area contributed by atoms with E-state index in [4.69, 9.17) is 5.73 Å². The van der Waals surface area contributed by atoms with Crippen molar-refractivity contribution in [2.45, 2.75) is 25.3 Å². The van der Waals surface area contributed by atoms with Gasteiger partial charge in [0.1, 0.15) is 0 Å². The van der Waals surface area contributed by atoms with E-state index in [0.717, 1.165) is 13.1 Å². The standard InChI is InChI=1S/C13H18N2O/c14-13(16)8-10-15-9-4-7-12(15)11-5-2-1-3-6-11/h1-3,5-6,12H,4,7-10H2,(H2,14,16)/t12-/m1/s1. The second kappa shape index (κ2) is 5.12. The van der Waals surface area contributed by atoms with Gasteiger partial charge in [-0.25, -0.2) is 0 Å². The van der Waals surface area contributed by atoms with Gasteiger partial charge in [-0.3, -0.25) is 9.69 Å². The minimum absolute atomic E-state index is 0.210. The molecule has 0 aromatic heterocycles. The van der Waals surface area contributed by atoms with E-state index in [2.05, 4.69) is 29.2 Å². The summed E-state index contributed by atoms with van der Waals surface area (Å²) in [5, 5.41) is 0. The van der Waals surface area contributed by atoms with Crippen molar-refractivity contribution < 1.29 is 4.79 Å². The van der Waals surface area contributed by atoms with Gasteiger partial charge < -0.3 is 5.73 Å². The summed E-state index contributed by atoms with van der Waals surface area (Å²) in [6, 6.07) is 11.0. The first-order valence-corrected chi connectivity index (χ1v) is 5.84. The first-order valence-electron chi connectivity index (χ1n) is 5.84. The predicted molar refractivity (Wildman–Crippen MR) is 63.8 cm³/mol. The first-order chi connectivity index (χ1) is 7.77. The number of hydrogen-bond acceptors (Lipinski definition) is 2. The van der Waals surface area contributed by atoms with E-state index < -0.39 is 0 Å². The molecule has 0 spiro atoms. The van der Waals surface area contributed by atoms with E-state index in [1.807, 2.05) is 6.07 Å². The number of carbonyl (C=O) groups excluding carboxylic acids is 1. The molecule has 2 N–H and O–H groups in total. The smallest absolute Gasteiger partial charge is 0.218 e. The van der Waals surface area contributed by atoms with Crippen molar-refractivity contribution in [2.24, 2.45) is 5.73 Å². The highest BCUT2D eigenvalue weighted by molar-refractivity contribution is 5.73. The van der Waals surface area contributed by atoms with E-state index in [9.17, 15) is 4.79 Å². The number of amides is 1. The minimum Gasteiger partial charge on any atom is -0.370 e. The Bertz CT molecular complexity index is 350. The Balaban J connectivity index is 2.01. The van der Waals surface area contributed by atoms with Gasteiger partial charge >= 0.3 is 0 Å². The van der Waals surface area contributed by atoms with Crippen molar-refractivity contribution in [2.75, 3.05) is 13.1 Å². The van der Waals surface area contributed by atoms with Crippen LogP contribution in [-0.2, 0) is 4.79 Å². The minimum atomic E-state index is -0.210. The summed E-state index contributed by atoms with van der Waals surface area (Å²) in [4.78, 5) is 13.2. The van der Waals surface area contributed by atoms with Crippen LogP contribution in [0.3, 0.4) is 0 Å². The Labute approximate surface area is 96.2 Å². The molecule has 1 heterocycles. The summed E-state index contributed by atoms with van der Waals surface area (Å²) >= 11 is 0. The van der Waals surface area contributed by atoms with E-state index in [1.54, 1.807) is 0 Å². The van der Waals surface area contributed by atoms with Crippen LogP contribution in [0.4, 0.5) is 0 Å². The molecular weight excluding hydrogens is 200 g/mol. The van der Waals surface area contributed by atoms with Crippen molar-refractivity contribution in [1.29, 1.82) is 0 Å². The zero-order valence-corrected chi connectivity index (χ0v) is 9.43. The fraction of sp³-hybridized carbons (Fsp3) is 0.462. The molecule has 1 atom stereocenters. The Kier molecular flexibility index (Phi) is 3.57. The number of nitrogens with zero attached hydrogens (tertiary/aromatic N) is 1. The van der Waals surface area contributed by atoms with Gasteiger partial charge in [-0.15, -0.1) is 0 Å². The third-order valence-corrected chi connectivity index (χ3v) is 3.19. The van der Waals surface area contributed by atoms with Gasteiger partial charge in [0, 0.05) is 19.0 Å². The summed E-state index contributed by atoms with van der Waals surface area (Å²) < 4.78 is 0. The van der Waals surface area contributed by atoms with Crippen LogP contribution >= 0.6 is 0 Å². The van der Waals surface area contributed by atoms with E-state index in [-0.39, 0.29) is 5.91 Å². The van der Waals surface area contributed by atoms with Crippen molar-refractivity contribution in [1.82, 2.24) is 4.90 Å². The lowest BCUT2D eigenvalue weighted by molar-refractivity contribution is -0.118. The lowest BCUT2D eigenvalue weighted by Crippen LogP contribution is -2.27. The van der Waals surface area contributed by atoms with Gasteiger partial charge in [-0.05, 0) is 24.9 Å². The van der Waals surface area contributed by atoms with Gasteiger partial charge in [-0.1, -0.05) is 30.3 Å². The third kappa shape index (κ3) is 2.61. The summed E-state index contributed by atoms with van der Waals surface area (Å²) in [6.07, 6.45) is 2.85. The Morgan fingerprint density at radius 1 is 1.38 bits per heavy atom. The summed E-state index contributed by atoms with van der Waals surface area (Å²) in [6.45, 7) is 1.86. The van der Waals surface area contributed by atoms with Crippen LogP contribution < -0.4 is 5.73 Å². The van der Waals surface area contributed by atoms with E-state index in [1.165, 1.54) is 18.4 Å². The van der Waals surface area contributed by atoms with Gasteiger partial charge in [0.15, 0.2) is 0 Å². The molecule has 1 saturated heterocycles. The fourth-order valence-corrected chi connectivity index (χ4v) is 2.40. The van der Waals surface area contributed by atoms with Crippen molar-refractivity contribution >= 4 is 5.91 Å². The SMILES string of the molecule is NC(=O)CCN1CCC[C@@H]1c1ccccc1. The van der Waals surface area contributed by atoms with E-state index >= 15 is 0 Å². The molecule has 1 aromatic carbocycles. The summed E-state index contributed by atoms with van der Waals surface area (Å²) in [7, 11) is 0. The van der Waals surface area contributed by atoms with Gasteiger partial charge in [0.05, 0.1) is 0 Å².